The average molecular weight is 672 g/mol. The maximum absolute atomic E-state index is 13.4. The SMILES string of the molecule is O=CC(Cc1ccccc1)NC(=O)C(Cc1ccccc1)NC(=O)CN(CCN(CCN(CC(=O)O)CC(=O)O)CC(=O)O)CC(=O)O. The van der Waals surface area contributed by atoms with Crippen molar-refractivity contribution in [3.8, 4) is 0 Å². The van der Waals surface area contributed by atoms with Crippen molar-refractivity contribution in [2.24, 2.45) is 0 Å². The summed E-state index contributed by atoms with van der Waals surface area (Å²) in [6, 6.07) is 15.9. The lowest BCUT2D eigenvalue weighted by Crippen LogP contribution is -2.54. The number of carboxylic acid groups (broad SMARTS) is 4. The minimum Gasteiger partial charge on any atom is -0.480 e. The smallest absolute Gasteiger partial charge is 0.317 e. The van der Waals surface area contributed by atoms with Gasteiger partial charge in [0.05, 0.1) is 38.8 Å². The lowest BCUT2D eigenvalue weighted by Gasteiger charge is -2.28. The lowest BCUT2D eigenvalue weighted by molar-refractivity contribution is -0.143. The number of benzene rings is 2. The fourth-order valence-electron chi connectivity index (χ4n) is 4.82. The average Bonchev–Trinajstić information content (AvgIpc) is 3.01. The highest BCUT2D eigenvalue weighted by atomic mass is 16.4. The normalized spacial score (nSPS) is 12.3. The van der Waals surface area contributed by atoms with Gasteiger partial charge in [-0.3, -0.25) is 43.5 Å². The maximum atomic E-state index is 13.4. The molecule has 16 nitrogen and oxygen atoms in total. The number of nitrogens with zero attached hydrogens (tertiary/aromatic N) is 3. The number of rotatable bonds is 24. The van der Waals surface area contributed by atoms with Gasteiger partial charge >= 0.3 is 23.9 Å². The monoisotopic (exact) mass is 671 g/mol. The van der Waals surface area contributed by atoms with E-state index in [2.05, 4.69) is 10.6 Å². The minimum absolute atomic E-state index is 0.0554. The third-order valence-electron chi connectivity index (χ3n) is 6.99. The predicted octanol–water partition coefficient (Wildman–Crippen LogP) is -1.12. The van der Waals surface area contributed by atoms with Gasteiger partial charge in [-0.15, -0.1) is 0 Å². The van der Waals surface area contributed by atoms with Crippen LogP contribution in [-0.2, 0) is 46.4 Å². The quantitative estimate of drug-likeness (QED) is 0.0726. The molecule has 0 saturated heterocycles. The van der Waals surface area contributed by atoms with Crippen molar-refractivity contribution in [3.63, 3.8) is 0 Å². The second-order valence-electron chi connectivity index (χ2n) is 11.0. The zero-order valence-corrected chi connectivity index (χ0v) is 26.3. The zero-order valence-electron chi connectivity index (χ0n) is 26.3. The molecule has 0 spiro atoms. The van der Waals surface area contributed by atoms with Crippen molar-refractivity contribution >= 4 is 42.0 Å². The van der Waals surface area contributed by atoms with Gasteiger partial charge in [-0.2, -0.15) is 0 Å². The predicted molar refractivity (Wildman–Crippen MR) is 170 cm³/mol. The Kier molecular flexibility index (Phi) is 16.9. The minimum atomic E-state index is -1.27. The molecule has 2 amide bonds. The largest absolute Gasteiger partial charge is 0.480 e. The molecule has 16 heteroatoms. The number of carbonyl (C=O) groups excluding carboxylic acids is 3. The van der Waals surface area contributed by atoms with E-state index < -0.39 is 80.5 Å². The van der Waals surface area contributed by atoms with Crippen LogP contribution in [0.1, 0.15) is 11.1 Å². The van der Waals surface area contributed by atoms with Gasteiger partial charge < -0.3 is 35.9 Å². The van der Waals surface area contributed by atoms with Gasteiger partial charge in [-0.05, 0) is 17.5 Å². The summed E-state index contributed by atoms with van der Waals surface area (Å²) in [5.41, 5.74) is 1.53. The third-order valence-corrected chi connectivity index (χ3v) is 6.99. The Labute approximate surface area is 276 Å². The maximum Gasteiger partial charge on any atom is 0.317 e. The van der Waals surface area contributed by atoms with Crippen LogP contribution >= 0.6 is 0 Å². The molecular formula is C32H41N5O11. The number of nitrogens with one attached hydrogen (secondary N) is 2. The first-order valence-electron chi connectivity index (χ1n) is 15.0. The molecule has 0 aliphatic carbocycles. The van der Waals surface area contributed by atoms with Crippen molar-refractivity contribution in [1.82, 2.24) is 25.3 Å². The van der Waals surface area contributed by atoms with E-state index in [0.29, 0.717) is 6.29 Å². The van der Waals surface area contributed by atoms with Crippen LogP contribution in [0, 0.1) is 0 Å². The molecule has 0 aromatic heterocycles. The van der Waals surface area contributed by atoms with E-state index in [4.69, 9.17) is 10.2 Å². The summed E-state index contributed by atoms with van der Waals surface area (Å²) >= 11 is 0. The topological polar surface area (TPSA) is 234 Å². The molecule has 2 atom stereocenters. The molecule has 2 unspecified atom stereocenters. The molecule has 2 aromatic rings. The third kappa shape index (κ3) is 16.4. The fourth-order valence-corrected chi connectivity index (χ4v) is 4.82. The van der Waals surface area contributed by atoms with Crippen LogP contribution in [0.5, 0.6) is 0 Å². The first-order valence-corrected chi connectivity index (χ1v) is 15.0. The van der Waals surface area contributed by atoms with Crippen molar-refractivity contribution in [3.05, 3.63) is 71.8 Å². The van der Waals surface area contributed by atoms with Crippen LogP contribution in [0.15, 0.2) is 60.7 Å². The van der Waals surface area contributed by atoms with E-state index in [1.54, 1.807) is 42.5 Å². The molecular weight excluding hydrogens is 630 g/mol. The van der Waals surface area contributed by atoms with Gasteiger partial charge in [-0.25, -0.2) is 0 Å². The highest BCUT2D eigenvalue weighted by molar-refractivity contribution is 5.90. The van der Waals surface area contributed by atoms with Gasteiger partial charge in [0, 0.05) is 32.6 Å². The summed E-state index contributed by atoms with van der Waals surface area (Å²) in [6.07, 6.45) is 0.905. The van der Waals surface area contributed by atoms with Crippen LogP contribution in [0.2, 0.25) is 0 Å². The molecule has 48 heavy (non-hydrogen) atoms. The number of hydrogen-bond donors (Lipinski definition) is 6. The van der Waals surface area contributed by atoms with Crippen LogP contribution < -0.4 is 10.6 Å². The lowest BCUT2D eigenvalue weighted by atomic mass is 10.0. The molecule has 6 N–H and O–H groups in total. The first-order chi connectivity index (χ1) is 22.8. The van der Waals surface area contributed by atoms with E-state index in [1.165, 1.54) is 9.80 Å². The first kappa shape index (κ1) is 39.0. The molecule has 2 aromatic carbocycles. The summed E-state index contributed by atoms with van der Waals surface area (Å²) in [4.78, 5) is 87.4. The Morgan fingerprint density at radius 1 is 0.562 bits per heavy atom. The number of aldehydes is 1. The summed E-state index contributed by atoms with van der Waals surface area (Å²) in [5, 5.41) is 42.2. The summed E-state index contributed by atoms with van der Waals surface area (Å²) < 4.78 is 0. The van der Waals surface area contributed by atoms with Gasteiger partial charge in [0.15, 0.2) is 0 Å². The molecule has 0 aliphatic rings. The number of carboxylic acids is 4. The van der Waals surface area contributed by atoms with E-state index >= 15 is 0 Å². The molecule has 2 rings (SSSR count). The fraction of sp³-hybridized carbons (Fsp3) is 0.406. The summed E-state index contributed by atoms with van der Waals surface area (Å²) in [7, 11) is 0. The van der Waals surface area contributed by atoms with Crippen LogP contribution in [0.4, 0.5) is 0 Å². The number of carbonyl (C=O) groups is 7. The number of aliphatic carboxylic acids is 4. The van der Waals surface area contributed by atoms with Gasteiger partial charge in [-0.1, -0.05) is 60.7 Å². The van der Waals surface area contributed by atoms with Crippen LogP contribution in [0.25, 0.3) is 0 Å². The number of hydrogen-bond acceptors (Lipinski definition) is 10. The molecule has 0 radical (unpaired) electrons. The molecule has 0 heterocycles. The van der Waals surface area contributed by atoms with E-state index in [9.17, 15) is 43.8 Å². The zero-order chi connectivity index (χ0) is 35.5. The van der Waals surface area contributed by atoms with Crippen LogP contribution in [-0.4, -0.2) is 148 Å². The van der Waals surface area contributed by atoms with Crippen LogP contribution in [0.3, 0.4) is 0 Å². The highest BCUT2D eigenvalue weighted by Gasteiger charge is 2.26. The highest BCUT2D eigenvalue weighted by Crippen LogP contribution is 2.07. The van der Waals surface area contributed by atoms with E-state index in [1.807, 2.05) is 18.2 Å². The van der Waals surface area contributed by atoms with Crippen molar-refractivity contribution in [2.75, 3.05) is 58.9 Å². The Morgan fingerprint density at radius 3 is 1.40 bits per heavy atom. The Bertz CT molecular complexity index is 1360. The van der Waals surface area contributed by atoms with Crippen molar-refractivity contribution in [2.45, 2.75) is 24.9 Å². The van der Waals surface area contributed by atoms with Crippen molar-refractivity contribution in [1.29, 1.82) is 0 Å². The van der Waals surface area contributed by atoms with E-state index in [-0.39, 0.29) is 39.0 Å². The molecule has 0 saturated carbocycles. The van der Waals surface area contributed by atoms with Gasteiger partial charge in [0.25, 0.3) is 0 Å². The van der Waals surface area contributed by atoms with Gasteiger partial charge in [0.1, 0.15) is 12.3 Å². The molecule has 0 bridgehead atoms. The second-order valence-corrected chi connectivity index (χ2v) is 11.0. The number of amides is 2. The van der Waals surface area contributed by atoms with E-state index in [0.717, 1.165) is 16.0 Å². The molecule has 0 fully saturated rings. The summed E-state index contributed by atoms with van der Waals surface area (Å²) in [6.45, 7) is -3.09. The standard InChI is InChI=1S/C32H41N5O11/c38-22-25(15-23-7-3-1-4-8-23)33-32(48)26(16-24-9-5-2-6-10-24)34-27(39)17-36(19-29(42)43)13-11-35(18-28(40)41)12-14-37(20-30(44)45)21-31(46)47/h1-10,22,25-26H,11-21H2,(H,33,48)(H,34,39)(H,40,41)(H,42,43)(H,44,45)(H,46,47). The Hall–Kier alpha value is -5.19. The Balaban J connectivity index is 2.13. The second kappa shape index (κ2) is 20.8. The molecule has 0 aliphatic heterocycles. The molecule has 260 valence electrons. The van der Waals surface area contributed by atoms with Gasteiger partial charge in [0.2, 0.25) is 11.8 Å². The summed E-state index contributed by atoms with van der Waals surface area (Å²) in [5.74, 6) is -6.35. The Morgan fingerprint density at radius 2 is 0.958 bits per heavy atom. The van der Waals surface area contributed by atoms with Crippen molar-refractivity contribution < 1.29 is 54.0 Å².